The lowest BCUT2D eigenvalue weighted by Gasteiger charge is -2.37. The average Bonchev–Trinajstić information content (AvgIpc) is 2.78. The summed E-state index contributed by atoms with van der Waals surface area (Å²) >= 11 is 0. The van der Waals surface area contributed by atoms with Crippen molar-refractivity contribution in [2.45, 2.75) is 40.2 Å². The lowest BCUT2D eigenvalue weighted by molar-refractivity contribution is -0.122. The Labute approximate surface area is 185 Å². The maximum Gasteiger partial charge on any atom is 0.251 e. The van der Waals surface area contributed by atoms with Crippen molar-refractivity contribution < 1.29 is 9.59 Å². The van der Waals surface area contributed by atoms with Gasteiger partial charge in [0.1, 0.15) is 0 Å². The molecule has 0 spiro atoms. The zero-order chi connectivity index (χ0) is 22.2. The highest BCUT2D eigenvalue weighted by atomic mass is 16.2. The second kappa shape index (κ2) is 10.9. The summed E-state index contributed by atoms with van der Waals surface area (Å²) in [6.45, 7) is 7.63. The van der Waals surface area contributed by atoms with Gasteiger partial charge < -0.3 is 10.6 Å². The number of benzene rings is 1. The van der Waals surface area contributed by atoms with E-state index in [2.05, 4.69) is 42.5 Å². The maximum atomic E-state index is 12.5. The average molecular weight is 420 g/mol. The first-order valence-electron chi connectivity index (χ1n) is 11.1. The molecule has 31 heavy (non-hydrogen) atoms. The van der Waals surface area contributed by atoms with E-state index in [0.717, 1.165) is 12.1 Å². The summed E-state index contributed by atoms with van der Waals surface area (Å²) in [6.07, 6.45) is 5.46. The highest BCUT2D eigenvalue weighted by molar-refractivity contribution is 5.94. The Morgan fingerprint density at radius 3 is 2.48 bits per heavy atom. The number of hydrogen-bond acceptors (Lipinski definition) is 3. The molecular weight excluding hydrogens is 386 g/mol. The second-order valence-electron chi connectivity index (χ2n) is 8.79. The van der Waals surface area contributed by atoms with E-state index in [1.807, 2.05) is 48.5 Å². The van der Waals surface area contributed by atoms with Crippen LogP contribution in [0.25, 0.3) is 0 Å². The Hall–Kier alpha value is -2.95. The van der Waals surface area contributed by atoms with Crippen molar-refractivity contribution in [3.05, 3.63) is 77.6 Å². The molecular formula is C26H33N3O2. The fraction of sp³-hybridized carbons (Fsp3) is 0.423. The summed E-state index contributed by atoms with van der Waals surface area (Å²) in [7, 11) is 0. The van der Waals surface area contributed by atoms with Crippen LogP contribution < -0.4 is 10.6 Å². The molecule has 0 bridgehead atoms. The Balaban J connectivity index is 1.58. The molecule has 2 amide bonds. The normalized spacial score (nSPS) is 20.8. The number of nitrogens with zero attached hydrogens (tertiary/aromatic N) is 1. The minimum Gasteiger partial charge on any atom is -0.351 e. The molecule has 2 N–H and O–H groups in total. The third kappa shape index (κ3) is 6.51. The predicted octanol–water partition coefficient (Wildman–Crippen LogP) is 4.37. The zero-order valence-electron chi connectivity index (χ0n) is 18.7. The third-order valence-electron chi connectivity index (χ3n) is 6.24. The van der Waals surface area contributed by atoms with Crippen molar-refractivity contribution in [1.82, 2.24) is 15.6 Å². The fourth-order valence-electron chi connectivity index (χ4n) is 4.40. The van der Waals surface area contributed by atoms with Crippen LogP contribution in [0.4, 0.5) is 0 Å². The summed E-state index contributed by atoms with van der Waals surface area (Å²) in [5, 5.41) is 6.09. The van der Waals surface area contributed by atoms with Crippen molar-refractivity contribution in [3.63, 3.8) is 0 Å². The van der Waals surface area contributed by atoms with Gasteiger partial charge in [0.25, 0.3) is 5.91 Å². The van der Waals surface area contributed by atoms with Crippen LogP contribution >= 0.6 is 0 Å². The number of amides is 2. The number of carbonyl (C=O) groups excluding carboxylic acids is 2. The number of allylic oxidation sites excluding steroid dienone is 1. The Morgan fingerprint density at radius 2 is 1.81 bits per heavy atom. The van der Waals surface area contributed by atoms with E-state index in [4.69, 9.17) is 0 Å². The molecule has 2 aromatic rings. The molecule has 0 fully saturated rings. The van der Waals surface area contributed by atoms with E-state index in [9.17, 15) is 9.59 Å². The van der Waals surface area contributed by atoms with E-state index in [0.29, 0.717) is 36.9 Å². The van der Waals surface area contributed by atoms with Gasteiger partial charge in [0.05, 0.1) is 12.2 Å². The van der Waals surface area contributed by atoms with E-state index in [1.165, 1.54) is 5.57 Å². The minimum absolute atomic E-state index is 0.0369. The molecule has 164 valence electrons. The topological polar surface area (TPSA) is 71.1 Å². The van der Waals surface area contributed by atoms with Gasteiger partial charge in [-0.25, -0.2) is 0 Å². The third-order valence-corrected chi connectivity index (χ3v) is 6.24. The highest BCUT2D eigenvalue weighted by Gasteiger charge is 2.32. The van der Waals surface area contributed by atoms with Gasteiger partial charge in [-0.1, -0.05) is 49.8 Å². The molecule has 0 aliphatic heterocycles. The Morgan fingerprint density at radius 1 is 1.06 bits per heavy atom. The monoisotopic (exact) mass is 419 g/mol. The van der Waals surface area contributed by atoms with E-state index in [-0.39, 0.29) is 23.7 Å². The van der Waals surface area contributed by atoms with Gasteiger partial charge in [0, 0.05) is 24.7 Å². The largest absolute Gasteiger partial charge is 0.351 e. The Kier molecular flexibility index (Phi) is 7.99. The van der Waals surface area contributed by atoms with Gasteiger partial charge in [-0.3, -0.25) is 14.6 Å². The van der Waals surface area contributed by atoms with Crippen molar-refractivity contribution in [2.24, 2.45) is 23.7 Å². The summed E-state index contributed by atoms with van der Waals surface area (Å²) in [5.74, 6) is 1.43. The van der Waals surface area contributed by atoms with Crippen molar-refractivity contribution in [1.29, 1.82) is 0 Å². The van der Waals surface area contributed by atoms with Crippen LogP contribution in [-0.4, -0.2) is 23.3 Å². The summed E-state index contributed by atoms with van der Waals surface area (Å²) in [6, 6.07) is 15.0. The number of aromatic nitrogens is 1. The molecule has 3 unspecified atom stereocenters. The first-order valence-corrected chi connectivity index (χ1v) is 11.1. The number of pyridine rings is 1. The number of carbonyl (C=O) groups is 2. The predicted molar refractivity (Wildman–Crippen MR) is 123 cm³/mol. The van der Waals surface area contributed by atoms with Crippen molar-refractivity contribution >= 4 is 11.8 Å². The molecule has 3 atom stereocenters. The van der Waals surface area contributed by atoms with E-state index >= 15 is 0 Å². The smallest absolute Gasteiger partial charge is 0.251 e. The van der Waals surface area contributed by atoms with Gasteiger partial charge in [-0.15, -0.1) is 0 Å². The summed E-state index contributed by atoms with van der Waals surface area (Å²) < 4.78 is 0. The van der Waals surface area contributed by atoms with Gasteiger partial charge in [-0.2, -0.15) is 0 Å². The van der Waals surface area contributed by atoms with Crippen molar-refractivity contribution in [2.75, 3.05) is 6.54 Å². The van der Waals surface area contributed by atoms with Crippen LogP contribution in [-0.2, 0) is 11.3 Å². The van der Waals surface area contributed by atoms with Gasteiger partial charge in [0.15, 0.2) is 0 Å². The van der Waals surface area contributed by atoms with Gasteiger partial charge in [0.2, 0.25) is 5.91 Å². The minimum atomic E-state index is -0.0369. The van der Waals surface area contributed by atoms with Crippen LogP contribution in [0, 0.1) is 23.7 Å². The highest BCUT2D eigenvalue weighted by Crippen LogP contribution is 2.38. The van der Waals surface area contributed by atoms with Crippen LogP contribution in [0.15, 0.2) is 66.4 Å². The van der Waals surface area contributed by atoms with Crippen LogP contribution in [0.3, 0.4) is 0 Å². The molecule has 1 aliphatic carbocycles. The fourth-order valence-corrected chi connectivity index (χ4v) is 4.40. The molecule has 5 heteroatoms. The summed E-state index contributed by atoms with van der Waals surface area (Å²) in [5.41, 5.74) is 2.78. The molecule has 1 aromatic heterocycles. The molecule has 1 aliphatic rings. The van der Waals surface area contributed by atoms with Gasteiger partial charge in [-0.05, 0) is 61.3 Å². The zero-order valence-corrected chi connectivity index (χ0v) is 18.7. The number of rotatable bonds is 8. The lowest BCUT2D eigenvalue weighted by atomic mass is 9.69. The molecule has 0 radical (unpaired) electrons. The molecule has 3 rings (SSSR count). The first-order chi connectivity index (χ1) is 14.9. The van der Waals surface area contributed by atoms with Gasteiger partial charge >= 0.3 is 0 Å². The summed E-state index contributed by atoms with van der Waals surface area (Å²) in [4.78, 5) is 29.2. The van der Waals surface area contributed by atoms with E-state index in [1.54, 1.807) is 6.20 Å². The SMILES string of the molecule is CC1=CC(CNC(=O)c2ccccc2)C(C(C)C)CC1CC(=O)NCc1ccccn1. The van der Waals surface area contributed by atoms with Crippen molar-refractivity contribution in [3.8, 4) is 0 Å². The molecule has 1 aromatic carbocycles. The quantitative estimate of drug-likeness (QED) is 0.624. The lowest BCUT2D eigenvalue weighted by Crippen LogP contribution is -2.37. The van der Waals surface area contributed by atoms with Crippen LogP contribution in [0.1, 0.15) is 49.7 Å². The molecule has 0 saturated carbocycles. The molecule has 1 heterocycles. The van der Waals surface area contributed by atoms with Crippen LogP contribution in [0.2, 0.25) is 0 Å². The second-order valence-corrected chi connectivity index (χ2v) is 8.79. The molecule has 5 nitrogen and oxygen atoms in total. The maximum absolute atomic E-state index is 12.5. The molecule has 0 saturated heterocycles. The number of nitrogens with one attached hydrogen (secondary N) is 2. The Bertz CT molecular complexity index is 893. The van der Waals surface area contributed by atoms with E-state index < -0.39 is 0 Å². The van der Waals surface area contributed by atoms with Crippen LogP contribution in [0.5, 0.6) is 0 Å². The standard InChI is InChI=1S/C26H33N3O2/c1-18(2)24-14-21(15-25(30)28-17-23-11-7-8-12-27-23)19(3)13-22(24)16-29-26(31)20-9-5-4-6-10-20/h4-13,18,21-22,24H,14-17H2,1-3H3,(H,28,30)(H,29,31). The number of hydrogen-bond donors (Lipinski definition) is 2. The first kappa shape index (κ1) is 22.7.